The minimum atomic E-state index is -0.521. The summed E-state index contributed by atoms with van der Waals surface area (Å²) < 4.78 is 5.54. The number of rotatable bonds is 5. The van der Waals surface area contributed by atoms with Gasteiger partial charge in [0.25, 0.3) is 5.91 Å². The van der Waals surface area contributed by atoms with E-state index in [1.807, 2.05) is 6.92 Å². The highest BCUT2D eigenvalue weighted by Gasteiger charge is 2.18. The zero-order valence-electron chi connectivity index (χ0n) is 11.2. The van der Waals surface area contributed by atoms with E-state index in [1.165, 1.54) is 0 Å². The van der Waals surface area contributed by atoms with E-state index in [0.29, 0.717) is 16.7 Å². The molecule has 0 saturated carbocycles. The molecule has 1 N–H and O–H groups in total. The predicted molar refractivity (Wildman–Crippen MR) is 74.0 cm³/mol. The summed E-state index contributed by atoms with van der Waals surface area (Å²) in [4.78, 5) is 11.9. The molecule has 100 valence electrons. The standard InChI is InChI=1S/C14H20ClNO2/c1-9(2)10(3)16-14(17)11(4)18-13-7-5-12(15)6-8-13/h5-11H,1-4H3,(H,16,17)/t10-,11+/m1/s1. The van der Waals surface area contributed by atoms with Crippen molar-refractivity contribution in [3.63, 3.8) is 0 Å². The monoisotopic (exact) mass is 269 g/mol. The lowest BCUT2D eigenvalue weighted by molar-refractivity contribution is -0.128. The van der Waals surface area contributed by atoms with E-state index in [-0.39, 0.29) is 11.9 Å². The zero-order valence-corrected chi connectivity index (χ0v) is 12.0. The van der Waals surface area contributed by atoms with Gasteiger partial charge in [-0.05, 0) is 44.0 Å². The molecule has 3 nitrogen and oxygen atoms in total. The summed E-state index contributed by atoms with van der Waals surface area (Å²) in [5.41, 5.74) is 0. The van der Waals surface area contributed by atoms with Gasteiger partial charge in [0, 0.05) is 11.1 Å². The van der Waals surface area contributed by atoms with Crippen molar-refractivity contribution in [3.05, 3.63) is 29.3 Å². The Hall–Kier alpha value is -1.22. The van der Waals surface area contributed by atoms with Gasteiger partial charge in [0.15, 0.2) is 6.10 Å². The normalized spacial score (nSPS) is 14.1. The van der Waals surface area contributed by atoms with Crippen LogP contribution in [0.4, 0.5) is 0 Å². The summed E-state index contributed by atoms with van der Waals surface area (Å²) in [5, 5.41) is 3.57. The third kappa shape index (κ3) is 4.57. The Labute approximate surface area is 113 Å². The molecule has 0 saturated heterocycles. The lowest BCUT2D eigenvalue weighted by Gasteiger charge is -2.21. The van der Waals surface area contributed by atoms with Crippen LogP contribution in [0.5, 0.6) is 5.75 Å². The molecule has 0 unspecified atom stereocenters. The maximum Gasteiger partial charge on any atom is 0.260 e. The fourth-order valence-corrected chi connectivity index (χ4v) is 1.41. The molecule has 0 bridgehead atoms. The Morgan fingerprint density at radius 1 is 1.17 bits per heavy atom. The molecular weight excluding hydrogens is 250 g/mol. The number of carbonyl (C=O) groups is 1. The van der Waals surface area contributed by atoms with Gasteiger partial charge >= 0.3 is 0 Å². The van der Waals surface area contributed by atoms with Gasteiger partial charge in [-0.3, -0.25) is 4.79 Å². The number of carbonyl (C=O) groups excluding carboxylic acids is 1. The highest BCUT2D eigenvalue weighted by atomic mass is 35.5. The summed E-state index contributed by atoms with van der Waals surface area (Å²) in [6.45, 7) is 7.85. The van der Waals surface area contributed by atoms with Crippen LogP contribution in [-0.4, -0.2) is 18.1 Å². The van der Waals surface area contributed by atoms with Gasteiger partial charge in [-0.25, -0.2) is 0 Å². The number of ether oxygens (including phenoxy) is 1. The minimum absolute atomic E-state index is 0.105. The SMILES string of the molecule is CC(C)[C@@H](C)NC(=O)[C@H](C)Oc1ccc(Cl)cc1. The summed E-state index contributed by atoms with van der Waals surface area (Å²) >= 11 is 5.78. The molecule has 0 aliphatic rings. The average molecular weight is 270 g/mol. The van der Waals surface area contributed by atoms with Crippen LogP contribution in [0.2, 0.25) is 5.02 Å². The quantitative estimate of drug-likeness (QED) is 0.891. The van der Waals surface area contributed by atoms with Crippen LogP contribution < -0.4 is 10.1 Å². The van der Waals surface area contributed by atoms with Gasteiger partial charge in [-0.2, -0.15) is 0 Å². The Morgan fingerprint density at radius 2 is 1.72 bits per heavy atom. The largest absolute Gasteiger partial charge is 0.481 e. The van der Waals surface area contributed by atoms with E-state index in [0.717, 1.165) is 0 Å². The average Bonchev–Trinajstić information content (AvgIpc) is 2.31. The number of hydrogen-bond donors (Lipinski definition) is 1. The van der Waals surface area contributed by atoms with Crippen molar-refractivity contribution < 1.29 is 9.53 Å². The second-order valence-corrected chi connectivity index (χ2v) is 5.19. The Morgan fingerprint density at radius 3 is 2.22 bits per heavy atom. The topological polar surface area (TPSA) is 38.3 Å². The van der Waals surface area contributed by atoms with Crippen LogP contribution in [0, 0.1) is 5.92 Å². The Kier molecular flexibility index (Phi) is 5.48. The first kappa shape index (κ1) is 14.8. The number of nitrogens with one attached hydrogen (secondary N) is 1. The zero-order chi connectivity index (χ0) is 13.7. The van der Waals surface area contributed by atoms with Gasteiger partial charge in [-0.1, -0.05) is 25.4 Å². The predicted octanol–water partition coefficient (Wildman–Crippen LogP) is 3.27. The second kappa shape index (κ2) is 6.64. The highest BCUT2D eigenvalue weighted by molar-refractivity contribution is 6.30. The summed E-state index contributed by atoms with van der Waals surface area (Å²) in [7, 11) is 0. The Bertz CT molecular complexity index is 389. The fraction of sp³-hybridized carbons (Fsp3) is 0.500. The number of amides is 1. The van der Waals surface area contributed by atoms with Gasteiger partial charge in [0.05, 0.1) is 0 Å². The summed E-state index contributed by atoms with van der Waals surface area (Å²) in [6, 6.07) is 7.10. The first-order valence-electron chi connectivity index (χ1n) is 6.12. The van der Waals surface area contributed by atoms with Crippen LogP contribution in [-0.2, 0) is 4.79 Å². The molecule has 0 heterocycles. The van der Waals surface area contributed by atoms with E-state index >= 15 is 0 Å². The third-order valence-electron chi connectivity index (χ3n) is 2.87. The molecule has 1 rings (SSSR count). The van der Waals surface area contributed by atoms with Crippen LogP contribution in [0.1, 0.15) is 27.7 Å². The van der Waals surface area contributed by atoms with E-state index in [2.05, 4.69) is 19.2 Å². The van der Waals surface area contributed by atoms with Crippen LogP contribution in [0.25, 0.3) is 0 Å². The molecule has 2 atom stereocenters. The van der Waals surface area contributed by atoms with Crippen molar-refractivity contribution in [1.29, 1.82) is 0 Å². The molecule has 0 aliphatic carbocycles. The van der Waals surface area contributed by atoms with Crippen molar-refractivity contribution in [2.24, 2.45) is 5.92 Å². The van der Waals surface area contributed by atoms with Crippen LogP contribution in [0.15, 0.2) is 24.3 Å². The van der Waals surface area contributed by atoms with Crippen molar-refractivity contribution >= 4 is 17.5 Å². The smallest absolute Gasteiger partial charge is 0.260 e. The summed E-state index contributed by atoms with van der Waals surface area (Å²) in [5.74, 6) is 0.932. The lowest BCUT2D eigenvalue weighted by Crippen LogP contribution is -2.43. The van der Waals surface area contributed by atoms with Crippen molar-refractivity contribution in [3.8, 4) is 5.75 Å². The van der Waals surface area contributed by atoms with Gasteiger partial charge in [0.1, 0.15) is 5.75 Å². The molecule has 0 spiro atoms. The minimum Gasteiger partial charge on any atom is -0.481 e. The molecule has 1 aromatic rings. The number of benzene rings is 1. The maximum absolute atomic E-state index is 11.9. The van der Waals surface area contributed by atoms with Gasteiger partial charge in [-0.15, -0.1) is 0 Å². The fourth-order valence-electron chi connectivity index (χ4n) is 1.28. The first-order chi connectivity index (χ1) is 8.40. The van der Waals surface area contributed by atoms with Crippen molar-refractivity contribution in [1.82, 2.24) is 5.32 Å². The summed E-state index contributed by atoms with van der Waals surface area (Å²) in [6.07, 6.45) is -0.521. The van der Waals surface area contributed by atoms with Crippen molar-refractivity contribution in [2.45, 2.75) is 39.8 Å². The number of halogens is 1. The molecule has 1 amide bonds. The maximum atomic E-state index is 11.9. The molecule has 18 heavy (non-hydrogen) atoms. The molecule has 4 heteroatoms. The van der Waals surface area contributed by atoms with Gasteiger partial charge in [0.2, 0.25) is 0 Å². The molecular formula is C14H20ClNO2. The van der Waals surface area contributed by atoms with Crippen molar-refractivity contribution in [2.75, 3.05) is 0 Å². The van der Waals surface area contributed by atoms with E-state index in [1.54, 1.807) is 31.2 Å². The highest BCUT2D eigenvalue weighted by Crippen LogP contribution is 2.16. The van der Waals surface area contributed by atoms with E-state index < -0.39 is 6.10 Å². The number of hydrogen-bond acceptors (Lipinski definition) is 2. The van der Waals surface area contributed by atoms with E-state index in [9.17, 15) is 4.79 Å². The molecule has 0 aliphatic heterocycles. The van der Waals surface area contributed by atoms with Gasteiger partial charge < -0.3 is 10.1 Å². The lowest BCUT2D eigenvalue weighted by atomic mass is 10.1. The van der Waals surface area contributed by atoms with E-state index in [4.69, 9.17) is 16.3 Å². The Balaban J connectivity index is 2.52. The molecule has 0 fully saturated rings. The molecule has 1 aromatic carbocycles. The second-order valence-electron chi connectivity index (χ2n) is 4.76. The molecule has 0 aromatic heterocycles. The first-order valence-corrected chi connectivity index (χ1v) is 6.50. The third-order valence-corrected chi connectivity index (χ3v) is 3.12. The molecule has 0 radical (unpaired) electrons. The van der Waals surface area contributed by atoms with Crippen LogP contribution >= 0.6 is 11.6 Å². The van der Waals surface area contributed by atoms with Crippen LogP contribution in [0.3, 0.4) is 0 Å².